The quantitative estimate of drug-likeness (QED) is 0.309. The fourth-order valence-electron chi connectivity index (χ4n) is 1.70. The van der Waals surface area contributed by atoms with Crippen molar-refractivity contribution in [1.29, 1.82) is 0 Å². The van der Waals surface area contributed by atoms with E-state index in [1.165, 1.54) is 12.2 Å². The average Bonchev–Trinajstić information content (AvgIpc) is 2.51. The highest BCUT2D eigenvalue weighted by Gasteiger charge is 2.34. The van der Waals surface area contributed by atoms with Gasteiger partial charge >= 0.3 is 0 Å². The molecule has 0 bridgehead atoms. The molecule has 0 radical (unpaired) electrons. The lowest BCUT2D eigenvalue weighted by atomic mass is 10.1. The first-order valence-electron chi connectivity index (χ1n) is 6.35. The summed E-state index contributed by atoms with van der Waals surface area (Å²) in [6.07, 6.45) is 2.72. The summed E-state index contributed by atoms with van der Waals surface area (Å²) in [6, 6.07) is 6.82. The third kappa shape index (κ3) is 6.10. The maximum Gasteiger partial charge on any atom is 0.250 e. The molecule has 0 amide bonds. The highest BCUT2D eigenvalue weighted by Crippen LogP contribution is 2.40. The average molecular weight is 480 g/mol. The van der Waals surface area contributed by atoms with Gasteiger partial charge < -0.3 is 0 Å². The topological polar surface area (TPSA) is 55.7 Å². The predicted molar refractivity (Wildman–Crippen MR) is 104 cm³/mol. The van der Waals surface area contributed by atoms with Gasteiger partial charge in [0.15, 0.2) is 17.5 Å². The number of rotatable bonds is 3. The molecule has 2 rings (SSSR count). The maximum absolute atomic E-state index is 10.8. The van der Waals surface area contributed by atoms with Crippen LogP contribution in [0.15, 0.2) is 30.3 Å². The first-order valence-corrected chi connectivity index (χ1v) is 9.00. The van der Waals surface area contributed by atoms with E-state index in [9.17, 15) is 4.79 Å². The van der Waals surface area contributed by atoms with E-state index < -0.39 is 12.8 Å². The van der Waals surface area contributed by atoms with Crippen LogP contribution in [0, 0.1) is 0 Å². The molecule has 4 nitrogen and oxygen atoms in total. The van der Waals surface area contributed by atoms with E-state index in [1.54, 1.807) is 24.3 Å². The summed E-state index contributed by atoms with van der Waals surface area (Å²) in [7, 11) is 0. The number of nitrogens with zero attached hydrogens (tertiary/aromatic N) is 3. The second-order valence-corrected chi connectivity index (χ2v) is 9.50. The smallest absolute Gasteiger partial charge is 0.250 e. The van der Waals surface area contributed by atoms with Crippen molar-refractivity contribution in [3.63, 3.8) is 0 Å². The summed E-state index contributed by atoms with van der Waals surface area (Å²) in [5.74, 6) is -0.258. The number of halogens is 7. The van der Waals surface area contributed by atoms with Gasteiger partial charge in [-0.2, -0.15) is 0 Å². The molecule has 0 saturated carbocycles. The van der Waals surface area contributed by atoms with Gasteiger partial charge in [-0.15, -0.1) is 0 Å². The molecular weight excluding hydrogens is 474 g/mol. The van der Waals surface area contributed by atoms with Crippen LogP contribution in [0.25, 0.3) is 17.5 Å². The van der Waals surface area contributed by atoms with Gasteiger partial charge in [-0.3, -0.25) is 4.79 Å². The van der Waals surface area contributed by atoms with E-state index in [4.69, 9.17) is 81.2 Å². The van der Waals surface area contributed by atoms with Crippen LogP contribution in [0.1, 0.15) is 17.2 Å². The molecule has 1 heterocycles. The summed E-state index contributed by atoms with van der Waals surface area (Å²) in [5, 5.41) is -0.609. The molecule has 132 valence electrons. The Balaban J connectivity index is 2.58. The SMILES string of the molecule is O=C(Cl)C=Cc1cccc(-c2nc(C(Cl)(Cl)Cl)nc(C(Cl)(Cl)Cl)n2)c1. The summed E-state index contributed by atoms with van der Waals surface area (Å²) < 4.78 is -3.88. The number of benzene rings is 1. The molecule has 0 aliphatic carbocycles. The third-order valence-electron chi connectivity index (χ3n) is 2.69. The van der Waals surface area contributed by atoms with Crippen molar-refractivity contribution >= 4 is 92.5 Å². The Morgan fingerprint density at radius 2 is 1.48 bits per heavy atom. The van der Waals surface area contributed by atoms with E-state index in [0.717, 1.165) is 0 Å². The van der Waals surface area contributed by atoms with Crippen LogP contribution in [0.3, 0.4) is 0 Å². The van der Waals surface area contributed by atoms with Crippen LogP contribution in [0.2, 0.25) is 0 Å². The van der Waals surface area contributed by atoms with Crippen molar-refractivity contribution in [2.24, 2.45) is 0 Å². The molecule has 0 spiro atoms. The summed E-state index contributed by atoms with van der Waals surface area (Å²) in [6.45, 7) is 0. The summed E-state index contributed by atoms with van der Waals surface area (Å²) in [5.41, 5.74) is 1.19. The molecule has 0 fully saturated rings. The monoisotopic (exact) mass is 477 g/mol. The van der Waals surface area contributed by atoms with Gasteiger partial charge in [-0.25, -0.2) is 15.0 Å². The van der Waals surface area contributed by atoms with Gasteiger partial charge in [0.1, 0.15) is 0 Å². The van der Waals surface area contributed by atoms with Crippen molar-refractivity contribution < 1.29 is 4.79 Å². The Hall–Kier alpha value is -0.330. The van der Waals surface area contributed by atoms with Crippen molar-refractivity contribution in [3.8, 4) is 11.4 Å². The van der Waals surface area contributed by atoms with Gasteiger partial charge in [-0.1, -0.05) is 93.9 Å². The minimum atomic E-state index is -1.94. The Morgan fingerprint density at radius 1 is 0.920 bits per heavy atom. The molecule has 0 aliphatic heterocycles. The van der Waals surface area contributed by atoms with Crippen LogP contribution in [-0.4, -0.2) is 20.2 Å². The predicted octanol–water partition coefficient (Wildman–Crippen LogP) is 5.97. The number of hydrogen-bond acceptors (Lipinski definition) is 4. The number of alkyl halides is 6. The van der Waals surface area contributed by atoms with E-state index in [1.807, 2.05) is 0 Å². The standard InChI is InChI=1S/C14H6Cl7N3O/c15-9(25)5-4-7-2-1-3-8(6-7)10-22-11(13(16,17)18)24-12(23-10)14(19,20)21/h1-6H. The fourth-order valence-corrected chi connectivity index (χ4v) is 2.27. The van der Waals surface area contributed by atoms with Crippen LogP contribution in [0.4, 0.5) is 0 Å². The highest BCUT2D eigenvalue weighted by atomic mass is 35.6. The maximum atomic E-state index is 10.8. The van der Waals surface area contributed by atoms with E-state index in [-0.39, 0.29) is 17.5 Å². The minimum absolute atomic E-state index is 0.130. The zero-order chi connectivity index (χ0) is 18.8. The Labute approximate surface area is 178 Å². The Bertz CT molecular complexity index is 796. The van der Waals surface area contributed by atoms with Crippen molar-refractivity contribution in [2.45, 2.75) is 7.59 Å². The molecule has 25 heavy (non-hydrogen) atoms. The van der Waals surface area contributed by atoms with Gasteiger partial charge in [0, 0.05) is 5.56 Å². The first-order chi connectivity index (χ1) is 11.5. The fraction of sp³-hybridized carbons (Fsp3) is 0.143. The van der Waals surface area contributed by atoms with E-state index >= 15 is 0 Å². The molecule has 11 heteroatoms. The summed E-state index contributed by atoms with van der Waals surface area (Å²) >= 11 is 40.3. The zero-order valence-electron chi connectivity index (χ0n) is 11.9. The van der Waals surface area contributed by atoms with E-state index in [0.29, 0.717) is 11.1 Å². The molecule has 1 aromatic heterocycles. The lowest BCUT2D eigenvalue weighted by Gasteiger charge is -2.15. The molecular formula is C14H6Cl7N3O. The van der Waals surface area contributed by atoms with Crippen molar-refractivity contribution in [3.05, 3.63) is 47.6 Å². The number of carbonyl (C=O) groups is 1. The molecule has 2 aromatic rings. The van der Waals surface area contributed by atoms with E-state index in [2.05, 4.69) is 15.0 Å². The molecule has 0 unspecified atom stereocenters. The van der Waals surface area contributed by atoms with Crippen molar-refractivity contribution in [2.75, 3.05) is 0 Å². The summed E-state index contributed by atoms with van der Waals surface area (Å²) in [4.78, 5) is 23.0. The second-order valence-electron chi connectivity index (χ2n) is 4.56. The molecule has 0 saturated heterocycles. The zero-order valence-corrected chi connectivity index (χ0v) is 17.2. The number of allylic oxidation sites excluding steroid dienone is 1. The number of carbonyl (C=O) groups excluding carboxylic acids is 1. The van der Waals surface area contributed by atoms with Crippen LogP contribution < -0.4 is 0 Å². The highest BCUT2D eigenvalue weighted by molar-refractivity contribution is 6.67. The number of aromatic nitrogens is 3. The molecule has 1 aromatic carbocycles. The molecule has 0 atom stereocenters. The van der Waals surface area contributed by atoms with Gasteiger partial charge in [0.2, 0.25) is 12.8 Å². The van der Waals surface area contributed by atoms with Crippen LogP contribution in [0.5, 0.6) is 0 Å². The first kappa shape index (κ1) is 21.0. The van der Waals surface area contributed by atoms with Crippen LogP contribution in [-0.2, 0) is 12.4 Å². The number of hydrogen-bond donors (Lipinski definition) is 0. The third-order valence-corrected chi connectivity index (χ3v) is 3.83. The normalized spacial score (nSPS) is 12.6. The van der Waals surface area contributed by atoms with Crippen LogP contribution >= 0.6 is 81.2 Å². The van der Waals surface area contributed by atoms with Gasteiger partial charge in [-0.05, 0) is 29.3 Å². The lowest BCUT2D eigenvalue weighted by molar-refractivity contribution is -0.107. The van der Waals surface area contributed by atoms with Gasteiger partial charge in [0.25, 0.3) is 0 Å². The second kappa shape index (κ2) is 8.13. The largest absolute Gasteiger partial charge is 0.276 e. The van der Waals surface area contributed by atoms with Crippen molar-refractivity contribution in [1.82, 2.24) is 15.0 Å². The Kier molecular flexibility index (Phi) is 6.83. The lowest BCUT2D eigenvalue weighted by Crippen LogP contribution is -2.16. The van der Waals surface area contributed by atoms with Gasteiger partial charge in [0.05, 0.1) is 0 Å². The Morgan fingerprint density at radius 3 is 1.96 bits per heavy atom. The minimum Gasteiger partial charge on any atom is -0.276 e. The molecule has 0 N–H and O–H groups in total. The molecule has 0 aliphatic rings.